The number of H-pyrrole nitrogens is 1. The largest absolute Gasteiger partial charge is 0.351 e. The molecule has 1 aliphatic rings. The number of nitrogens with zero attached hydrogens (tertiary/aromatic N) is 4. The van der Waals surface area contributed by atoms with Gasteiger partial charge in [0.1, 0.15) is 10.9 Å². The second-order valence-electron chi connectivity index (χ2n) is 4.69. The molecule has 8 heteroatoms. The Bertz CT molecular complexity index is 651. The predicted octanol–water partition coefficient (Wildman–Crippen LogP) is 0.900. The summed E-state index contributed by atoms with van der Waals surface area (Å²) in [5.74, 6) is 1.48. The molecule has 1 unspecified atom stereocenters. The second-order valence-corrected chi connectivity index (χ2v) is 5.51. The summed E-state index contributed by atoms with van der Waals surface area (Å²) < 4.78 is 1.71. The van der Waals surface area contributed by atoms with Crippen molar-refractivity contribution in [3.63, 3.8) is 0 Å². The van der Waals surface area contributed by atoms with E-state index in [0.29, 0.717) is 12.5 Å². The van der Waals surface area contributed by atoms with Crippen molar-refractivity contribution in [1.82, 2.24) is 24.7 Å². The third-order valence-electron chi connectivity index (χ3n) is 3.43. The van der Waals surface area contributed by atoms with E-state index in [1.807, 2.05) is 12.3 Å². The van der Waals surface area contributed by atoms with E-state index in [0.717, 1.165) is 30.1 Å². The average molecular weight is 292 g/mol. The highest BCUT2D eigenvalue weighted by atomic mass is 32.2. The molecule has 0 fully saturated rings. The summed E-state index contributed by atoms with van der Waals surface area (Å²) in [6.07, 6.45) is 6.30. The summed E-state index contributed by atoms with van der Waals surface area (Å²) in [7, 11) is 0. The van der Waals surface area contributed by atoms with Crippen LogP contribution >= 0.6 is 11.8 Å². The number of nitrogens with one attached hydrogen (secondary N) is 2. The molecule has 7 nitrogen and oxygen atoms in total. The lowest BCUT2D eigenvalue weighted by atomic mass is 10.1. The normalized spacial score (nSPS) is 18.4. The second kappa shape index (κ2) is 5.66. The van der Waals surface area contributed by atoms with Gasteiger partial charge in [-0.15, -0.1) is 11.8 Å². The van der Waals surface area contributed by atoms with E-state index in [1.54, 1.807) is 22.5 Å². The molecule has 2 aromatic rings. The number of rotatable bonds is 3. The molecule has 0 saturated heterocycles. The fraction of sp³-hybridized carbons (Fsp3) is 0.500. The molecule has 106 valence electrons. The molecule has 2 N–H and O–H groups in total. The number of hydrogen-bond donors (Lipinski definition) is 2. The van der Waals surface area contributed by atoms with Crippen LogP contribution in [0.4, 0.5) is 5.95 Å². The molecular formula is C12H16N6OS. The number of fused-ring (bicyclic) bond motifs is 1. The maximum atomic E-state index is 11.6. The summed E-state index contributed by atoms with van der Waals surface area (Å²) in [5.41, 5.74) is -0.124. The van der Waals surface area contributed by atoms with E-state index >= 15 is 0 Å². The molecule has 0 spiro atoms. The van der Waals surface area contributed by atoms with Gasteiger partial charge in [-0.05, 0) is 25.2 Å². The number of aromatic nitrogens is 5. The molecule has 0 aromatic carbocycles. The Labute approximate surface area is 120 Å². The van der Waals surface area contributed by atoms with Gasteiger partial charge in [0.05, 0.1) is 0 Å². The minimum absolute atomic E-state index is 0.124. The van der Waals surface area contributed by atoms with Crippen LogP contribution < -0.4 is 11.0 Å². The maximum absolute atomic E-state index is 11.6. The Kier molecular flexibility index (Phi) is 3.72. The molecule has 2 aromatic heterocycles. The van der Waals surface area contributed by atoms with E-state index in [9.17, 15) is 4.79 Å². The van der Waals surface area contributed by atoms with Crippen LogP contribution in [-0.2, 0) is 13.0 Å². The van der Waals surface area contributed by atoms with Crippen LogP contribution in [0.3, 0.4) is 0 Å². The van der Waals surface area contributed by atoms with Crippen LogP contribution in [0, 0.1) is 0 Å². The zero-order chi connectivity index (χ0) is 13.9. The van der Waals surface area contributed by atoms with Crippen molar-refractivity contribution < 1.29 is 0 Å². The van der Waals surface area contributed by atoms with Gasteiger partial charge in [0.15, 0.2) is 0 Å². The minimum Gasteiger partial charge on any atom is -0.351 e. The van der Waals surface area contributed by atoms with Crippen LogP contribution in [0.1, 0.15) is 18.7 Å². The standard InChI is InChI=1S/C12H16N6OS/c1-20-10-4-6-13-11(15-10)14-8-2-3-9-16-17-12(19)18(9)7-5-8/h4,6,8H,2-3,5,7H2,1H3,(H,17,19)(H,13,14,15). The van der Waals surface area contributed by atoms with Gasteiger partial charge >= 0.3 is 5.69 Å². The highest BCUT2D eigenvalue weighted by Crippen LogP contribution is 2.16. The number of aryl methyl sites for hydroxylation is 1. The number of aromatic amines is 1. The smallest absolute Gasteiger partial charge is 0.343 e. The van der Waals surface area contributed by atoms with Crippen molar-refractivity contribution in [2.75, 3.05) is 11.6 Å². The van der Waals surface area contributed by atoms with Gasteiger partial charge in [0.25, 0.3) is 0 Å². The van der Waals surface area contributed by atoms with Gasteiger partial charge in [0, 0.05) is 25.2 Å². The van der Waals surface area contributed by atoms with Crippen LogP contribution in [0.2, 0.25) is 0 Å². The van der Waals surface area contributed by atoms with Gasteiger partial charge in [-0.2, -0.15) is 5.10 Å². The summed E-state index contributed by atoms with van der Waals surface area (Å²) in [4.78, 5) is 20.2. The molecule has 0 saturated carbocycles. The molecule has 0 aliphatic carbocycles. The van der Waals surface area contributed by atoms with Crippen LogP contribution in [0.5, 0.6) is 0 Å². The first-order valence-corrected chi connectivity index (χ1v) is 7.76. The monoisotopic (exact) mass is 292 g/mol. The quantitative estimate of drug-likeness (QED) is 0.645. The van der Waals surface area contributed by atoms with Gasteiger partial charge in [-0.1, -0.05) is 0 Å². The minimum atomic E-state index is -0.124. The zero-order valence-corrected chi connectivity index (χ0v) is 12.0. The molecule has 0 amide bonds. The first-order chi connectivity index (χ1) is 9.76. The van der Waals surface area contributed by atoms with Crippen molar-refractivity contribution in [3.8, 4) is 0 Å². The lowest BCUT2D eigenvalue weighted by molar-refractivity contribution is 0.569. The number of thioether (sulfide) groups is 1. The number of anilines is 1. The SMILES string of the molecule is CSc1ccnc(NC2CCc3n[nH]c(=O)n3CC2)n1. The Morgan fingerprint density at radius 2 is 2.40 bits per heavy atom. The Balaban J connectivity index is 1.69. The zero-order valence-electron chi connectivity index (χ0n) is 11.2. The molecule has 20 heavy (non-hydrogen) atoms. The fourth-order valence-electron chi connectivity index (χ4n) is 2.36. The van der Waals surface area contributed by atoms with Crippen molar-refractivity contribution in [2.24, 2.45) is 0 Å². The summed E-state index contributed by atoms with van der Waals surface area (Å²) in [5, 5.41) is 10.8. The average Bonchev–Trinajstić information content (AvgIpc) is 2.70. The maximum Gasteiger partial charge on any atom is 0.343 e. The van der Waals surface area contributed by atoms with E-state index in [2.05, 4.69) is 25.5 Å². The van der Waals surface area contributed by atoms with Gasteiger partial charge in [-0.25, -0.2) is 19.9 Å². The number of hydrogen-bond acceptors (Lipinski definition) is 6. The van der Waals surface area contributed by atoms with Crippen molar-refractivity contribution in [3.05, 3.63) is 28.6 Å². The first kappa shape index (κ1) is 13.2. The van der Waals surface area contributed by atoms with Crippen molar-refractivity contribution >= 4 is 17.7 Å². The molecular weight excluding hydrogens is 276 g/mol. The van der Waals surface area contributed by atoms with E-state index in [4.69, 9.17) is 0 Å². The van der Waals surface area contributed by atoms with Gasteiger partial charge in [-0.3, -0.25) is 4.57 Å². The summed E-state index contributed by atoms with van der Waals surface area (Å²) in [6, 6.07) is 2.14. The molecule has 1 aliphatic heterocycles. The van der Waals surface area contributed by atoms with E-state index in [-0.39, 0.29) is 11.7 Å². The van der Waals surface area contributed by atoms with Crippen LogP contribution in [0.15, 0.2) is 22.1 Å². The molecule has 3 rings (SSSR count). The van der Waals surface area contributed by atoms with E-state index in [1.165, 1.54) is 0 Å². The molecule has 1 atom stereocenters. The lowest BCUT2D eigenvalue weighted by Gasteiger charge is -2.15. The molecule has 0 radical (unpaired) electrons. The Morgan fingerprint density at radius 3 is 3.25 bits per heavy atom. The highest BCUT2D eigenvalue weighted by molar-refractivity contribution is 7.98. The predicted molar refractivity (Wildman–Crippen MR) is 77.0 cm³/mol. The third kappa shape index (κ3) is 2.69. The summed E-state index contributed by atoms with van der Waals surface area (Å²) in [6.45, 7) is 0.671. The van der Waals surface area contributed by atoms with Crippen molar-refractivity contribution in [1.29, 1.82) is 0 Å². The van der Waals surface area contributed by atoms with Crippen LogP contribution in [-0.4, -0.2) is 37.0 Å². The molecule has 3 heterocycles. The van der Waals surface area contributed by atoms with E-state index < -0.39 is 0 Å². The Morgan fingerprint density at radius 1 is 1.50 bits per heavy atom. The Hall–Kier alpha value is -1.83. The lowest BCUT2D eigenvalue weighted by Crippen LogP contribution is -2.23. The highest BCUT2D eigenvalue weighted by Gasteiger charge is 2.19. The van der Waals surface area contributed by atoms with Crippen LogP contribution in [0.25, 0.3) is 0 Å². The molecule has 0 bridgehead atoms. The third-order valence-corrected chi connectivity index (χ3v) is 4.07. The summed E-state index contributed by atoms with van der Waals surface area (Å²) >= 11 is 1.59. The van der Waals surface area contributed by atoms with Crippen molar-refractivity contribution in [2.45, 2.75) is 36.9 Å². The van der Waals surface area contributed by atoms with Gasteiger partial charge < -0.3 is 5.32 Å². The topological polar surface area (TPSA) is 88.5 Å². The fourth-order valence-corrected chi connectivity index (χ4v) is 2.73. The van der Waals surface area contributed by atoms with Gasteiger partial charge in [0.2, 0.25) is 5.95 Å². The first-order valence-electron chi connectivity index (χ1n) is 6.54.